The van der Waals surface area contributed by atoms with Crippen molar-refractivity contribution in [2.24, 2.45) is 5.10 Å². The quantitative estimate of drug-likeness (QED) is 0.929. The molecule has 2 aromatic carbocycles. The molecule has 22 heavy (non-hydrogen) atoms. The lowest BCUT2D eigenvalue weighted by atomic mass is 10.2. The molecule has 2 aromatic rings. The number of hydrogen-bond donors (Lipinski definition) is 1. The number of hydrogen-bond acceptors (Lipinski definition) is 4. The molecule has 1 fully saturated rings. The zero-order valence-electron chi connectivity index (χ0n) is 12.4. The van der Waals surface area contributed by atoms with E-state index >= 15 is 0 Å². The number of nitrogens with zero attached hydrogens (tertiary/aromatic N) is 2. The molecule has 112 valence electrons. The van der Waals surface area contributed by atoms with Crippen LogP contribution in [0.2, 0.25) is 0 Å². The van der Waals surface area contributed by atoms with Crippen molar-refractivity contribution < 1.29 is 0 Å². The van der Waals surface area contributed by atoms with Crippen LogP contribution in [-0.2, 0) is 0 Å². The summed E-state index contributed by atoms with van der Waals surface area (Å²) >= 11 is 1.78. The molecule has 3 nitrogen and oxygen atoms in total. The first-order valence-corrected chi connectivity index (χ1v) is 8.68. The van der Waals surface area contributed by atoms with Gasteiger partial charge >= 0.3 is 0 Å². The molecule has 4 heteroatoms. The third-order valence-corrected chi connectivity index (χ3v) is 5.36. The van der Waals surface area contributed by atoms with E-state index < -0.39 is 0 Å². The molecule has 2 aliphatic rings. The van der Waals surface area contributed by atoms with Crippen molar-refractivity contribution in [2.45, 2.75) is 18.2 Å². The smallest absolute Gasteiger partial charge is 0.126 e. The SMILES string of the molecule is c1ccc(C2=NNC(c3ccc(N4CCCC4)cc3)S2)cc1. The van der Waals surface area contributed by atoms with Gasteiger partial charge in [0.1, 0.15) is 10.4 Å². The molecule has 1 atom stereocenters. The minimum atomic E-state index is 0.211. The first kappa shape index (κ1) is 13.7. The third kappa shape index (κ3) is 2.71. The van der Waals surface area contributed by atoms with Crippen LogP contribution < -0.4 is 10.3 Å². The standard InChI is InChI=1S/C18H19N3S/c1-2-6-14(7-3-1)17-19-20-18(22-17)15-8-10-16(11-9-15)21-12-4-5-13-21/h1-3,6-11,18,20H,4-5,12-13H2. The number of benzene rings is 2. The van der Waals surface area contributed by atoms with Crippen molar-refractivity contribution in [1.82, 2.24) is 5.43 Å². The van der Waals surface area contributed by atoms with Crippen molar-refractivity contribution in [3.8, 4) is 0 Å². The molecular weight excluding hydrogens is 290 g/mol. The van der Waals surface area contributed by atoms with Crippen molar-refractivity contribution in [1.29, 1.82) is 0 Å². The fraction of sp³-hybridized carbons (Fsp3) is 0.278. The van der Waals surface area contributed by atoms with Gasteiger partial charge in [-0.15, -0.1) is 0 Å². The number of hydrazone groups is 1. The van der Waals surface area contributed by atoms with E-state index in [4.69, 9.17) is 0 Å². The predicted octanol–water partition coefficient (Wildman–Crippen LogP) is 3.98. The van der Waals surface area contributed by atoms with E-state index in [0.717, 1.165) is 5.04 Å². The minimum absolute atomic E-state index is 0.211. The fourth-order valence-corrected chi connectivity index (χ4v) is 3.97. The maximum atomic E-state index is 4.48. The summed E-state index contributed by atoms with van der Waals surface area (Å²) < 4.78 is 0. The van der Waals surface area contributed by atoms with Gasteiger partial charge in [0.05, 0.1) is 0 Å². The molecule has 1 N–H and O–H groups in total. The Hall–Kier alpha value is -1.94. The summed E-state index contributed by atoms with van der Waals surface area (Å²) in [6.45, 7) is 2.38. The summed E-state index contributed by atoms with van der Waals surface area (Å²) in [5, 5.41) is 5.76. The average Bonchev–Trinajstić information content (AvgIpc) is 3.28. The van der Waals surface area contributed by atoms with E-state index in [0.29, 0.717) is 0 Å². The van der Waals surface area contributed by atoms with E-state index in [1.54, 1.807) is 11.8 Å². The van der Waals surface area contributed by atoms with Gasteiger partial charge in [0, 0.05) is 24.3 Å². The van der Waals surface area contributed by atoms with E-state index in [-0.39, 0.29) is 5.37 Å². The number of nitrogens with one attached hydrogen (secondary N) is 1. The summed E-state index contributed by atoms with van der Waals surface area (Å²) in [4.78, 5) is 2.46. The Morgan fingerprint density at radius 3 is 2.41 bits per heavy atom. The first-order chi connectivity index (χ1) is 10.9. The Morgan fingerprint density at radius 1 is 0.955 bits per heavy atom. The highest BCUT2D eigenvalue weighted by Crippen LogP contribution is 2.35. The summed E-state index contributed by atoms with van der Waals surface area (Å²) in [5.41, 5.74) is 7.05. The second-order valence-electron chi connectivity index (χ2n) is 5.70. The normalized spacial score (nSPS) is 20.8. The third-order valence-electron chi connectivity index (χ3n) is 4.20. The van der Waals surface area contributed by atoms with Crippen LogP contribution in [0, 0.1) is 0 Å². The van der Waals surface area contributed by atoms with E-state index in [2.05, 4.69) is 64.0 Å². The lowest BCUT2D eigenvalue weighted by molar-refractivity contribution is 0.743. The number of rotatable bonds is 3. The zero-order valence-corrected chi connectivity index (χ0v) is 13.2. The highest BCUT2D eigenvalue weighted by molar-refractivity contribution is 8.14. The van der Waals surface area contributed by atoms with Gasteiger partial charge in [0.15, 0.2) is 0 Å². The van der Waals surface area contributed by atoms with Gasteiger partial charge in [0.2, 0.25) is 0 Å². The fourth-order valence-electron chi connectivity index (χ4n) is 2.97. The van der Waals surface area contributed by atoms with Gasteiger partial charge in [0.25, 0.3) is 0 Å². The van der Waals surface area contributed by atoms with Crippen LogP contribution >= 0.6 is 11.8 Å². The lowest BCUT2D eigenvalue weighted by Crippen LogP contribution is -2.17. The van der Waals surface area contributed by atoms with Gasteiger partial charge in [-0.05, 0) is 30.5 Å². The molecule has 0 saturated carbocycles. The highest BCUT2D eigenvalue weighted by atomic mass is 32.2. The Kier molecular flexibility index (Phi) is 3.77. The van der Waals surface area contributed by atoms with E-state index in [1.165, 1.54) is 42.7 Å². The van der Waals surface area contributed by atoms with Crippen molar-refractivity contribution in [2.75, 3.05) is 18.0 Å². The van der Waals surface area contributed by atoms with Crippen LogP contribution in [0.4, 0.5) is 5.69 Å². The van der Waals surface area contributed by atoms with E-state index in [1.807, 2.05) is 6.07 Å². The van der Waals surface area contributed by atoms with Crippen LogP contribution in [0.5, 0.6) is 0 Å². The lowest BCUT2D eigenvalue weighted by Gasteiger charge is -2.18. The zero-order chi connectivity index (χ0) is 14.8. The predicted molar refractivity (Wildman–Crippen MR) is 94.3 cm³/mol. The monoisotopic (exact) mass is 309 g/mol. The molecule has 2 aliphatic heterocycles. The first-order valence-electron chi connectivity index (χ1n) is 7.80. The second kappa shape index (κ2) is 6.05. The summed E-state index contributed by atoms with van der Waals surface area (Å²) in [7, 11) is 0. The van der Waals surface area contributed by atoms with Crippen molar-refractivity contribution >= 4 is 22.5 Å². The molecule has 1 unspecified atom stereocenters. The molecular formula is C18H19N3S. The number of thioether (sulfide) groups is 1. The maximum absolute atomic E-state index is 4.48. The molecule has 0 amide bonds. The van der Waals surface area contributed by atoms with Crippen molar-refractivity contribution in [3.63, 3.8) is 0 Å². The largest absolute Gasteiger partial charge is 0.372 e. The Labute approximate surface area is 135 Å². The summed E-state index contributed by atoms with van der Waals surface area (Å²) in [6.07, 6.45) is 2.63. The average molecular weight is 309 g/mol. The maximum Gasteiger partial charge on any atom is 0.126 e. The molecule has 1 saturated heterocycles. The van der Waals surface area contributed by atoms with Crippen LogP contribution in [0.1, 0.15) is 29.3 Å². The molecule has 0 aromatic heterocycles. The van der Waals surface area contributed by atoms with Gasteiger partial charge in [-0.1, -0.05) is 54.2 Å². The van der Waals surface area contributed by atoms with Crippen LogP contribution in [0.15, 0.2) is 59.7 Å². The van der Waals surface area contributed by atoms with E-state index in [9.17, 15) is 0 Å². The van der Waals surface area contributed by atoms with Gasteiger partial charge < -0.3 is 4.90 Å². The van der Waals surface area contributed by atoms with Crippen LogP contribution in [0.25, 0.3) is 0 Å². The van der Waals surface area contributed by atoms with Gasteiger partial charge in [-0.2, -0.15) is 5.10 Å². The topological polar surface area (TPSA) is 27.6 Å². The van der Waals surface area contributed by atoms with Crippen molar-refractivity contribution in [3.05, 3.63) is 65.7 Å². The molecule has 0 bridgehead atoms. The summed E-state index contributed by atoms with van der Waals surface area (Å²) in [5.74, 6) is 0. The van der Waals surface area contributed by atoms with Crippen LogP contribution in [-0.4, -0.2) is 18.1 Å². The summed E-state index contributed by atoms with van der Waals surface area (Å²) in [6, 6.07) is 19.3. The Bertz CT molecular complexity index is 660. The molecule has 0 aliphatic carbocycles. The second-order valence-corrected chi connectivity index (χ2v) is 6.79. The van der Waals surface area contributed by atoms with Gasteiger partial charge in [-0.25, -0.2) is 0 Å². The Morgan fingerprint density at radius 2 is 1.68 bits per heavy atom. The molecule has 4 rings (SSSR count). The molecule has 0 radical (unpaired) electrons. The van der Waals surface area contributed by atoms with Gasteiger partial charge in [-0.3, -0.25) is 5.43 Å². The highest BCUT2D eigenvalue weighted by Gasteiger charge is 2.22. The molecule has 0 spiro atoms. The Balaban J connectivity index is 1.45. The molecule has 2 heterocycles. The number of anilines is 1. The van der Waals surface area contributed by atoms with Crippen LogP contribution in [0.3, 0.4) is 0 Å². The minimum Gasteiger partial charge on any atom is -0.372 e.